The number of piperidine rings is 1. The highest BCUT2D eigenvalue weighted by Gasteiger charge is 2.40. The molecule has 35 heavy (non-hydrogen) atoms. The first-order chi connectivity index (χ1) is 16.8. The Morgan fingerprint density at radius 1 is 0.857 bits per heavy atom. The van der Waals surface area contributed by atoms with Crippen molar-refractivity contribution in [1.82, 2.24) is 15.0 Å². The summed E-state index contributed by atoms with van der Waals surface area (Å²) in [6, 6.07) is 10.3. The molecule has 0 N–H and O–H groups in total. The lowest BCUT2D eigenvalue weighted by atomic mass is 9.80. The van der Waals surface area contributed by atoms with Crippen LogP contribution in [0.3, 0.4) is 0 Å². The summed E-state index contributed by atoms with van der Waals surface area (Å²) in [6.07, 6.45) is 11.1. The molecule has 1 fully saturated rings. The molecule has 1 aliphatic heterocycles. The number of unbranched alkanes of at least 4 members (excludes halogenated alkanes) is 4. The monoisotopic (exact) mass is 478 g/mol. The highest BCUT2D eigenvalue weighted by molar-refractivity contribution is 6.03. The molecule has 1 aliphatic rings. The van der Waals surface area contributed by atoms with E-state index in [9.17, 15) is 5.21 Å². The Balaban J connectivity index is 1.11. The number of benzene rings is 1. The second-order valence-electron chi connectivity index (χ2n) is 11.1. The van der Waals surface area contributed by atoms with E-state index in [4.69, 9.17) is 9.47 Å². The van der Waals surface area contributed by atoms with Gasteiger partial charge in [-0.1, -0.05) is 37.5 Å². The van der Waals surface area contributed by atoms with Crippen molar-refractivity contribution >= 4 is 21.8 Å². The number of nitrogens with zero attached hydrogens (tertiary/aromatic N) is 3. The quantitative estimate of drug-likeness (QED) is 0.223. The smallest absolute Gasteiger partial charge is 0.0968 e. The third-order valence-electron chi connectivity index (χ3n) is 7.17. The predicted molar refractivity (Wildman–Crippen MR) is 142 cm³/mol. The molecule has 0 aliphatic carbocycles. The first-order valence-corrected chi connectivity index (χ1v) is 13.1. The van der Waals surface area contributed by atoms with Crippen LogP contribution in [0.15, 0.2) is 42.7 Å². The van der Waals surface area contributed by atoms with Gasteiger partial charge in [0.1, 0.15) is 0 Å². The van der Waals surface area contributed by atoms with Gasteiger partial charge in [-0.15, -0.1) is 0 Å². The lowest BCUT2D eigenvalue weighted by Crippen LogP contribution is -2.59. The van der Waals surface area contributed by atoms with Gasteiger partial charge in [-0.3, -0.25) is 9.97 Å². The van der Waals surface area contributed by atoms with Gasteiger partial charge in [-0.05, 0) is 71.1 Å². The summed E-state index contributed by atoms with van der Waals surface area (Å²) in [6.45, 7) is 10.2. The summed E-state index contributed by atoms with van der Waals surface area (Å²) in [5.41, 5.74) is 2.32. The maximum Gasteiger partial charge on any atom is 0.0968 e. The minimum absolute atomic E-state index is 0.177. The molecule has 6 nitrogen and oxygen atoms in total. The van der Waals surface area contributed by atoms with Crippen LogP contribution in [-0.4, -0.2) is 45.4 Å². The summed E-state index contributed by atoms with van der Waals surface area (Å²) in [7, 11) is 0. The number of aromatic nitrogens is 2. The van der Waals surface area contributed by atoms with Crippen molar-refractivity contribution in [2.45, 2.75) is 96.4 Å². The zero-order valence-electron chi connectivity index (χ0n) is 21.8. The Kier molecular flexibility index (Phi) is 8.38. The zero-order chi connectivity index (χ0) is 24.9. The van der Waals surface area contributed by atoms with Gasteiger partial charge < -0.3 is 19.7 Å². The van der Waals surface area contributed by atoms with Crippen molar-refractivity contribution in [1.29, 1.82) is 0 Å². The largest absolute Gasteiger partial charge is 0.784 e. The summed E-state index contributed by atoms with van der Waals surface area (Å²) in [5.74, 6) is 0. The normalized spacial score (nSPS) is 18.4. The maximum atomic E-state index is 12.5. The number of fused-ring (bicyclic) bond motifs is 3. The third-order valence-corrected chi connectivity index (χ3v) is 7.17. The molecule has 6 heteroatoms. The van der Waals surface area contributed by atoms with Gasteiger partial charge >= 0.3 is 0 Å². The fourth-order valence-corrected chi connectivity index (χ4v) is 5.50. The molecule has 3 heterocycles. The average Bonchev–Trinajstić information content (AvgIpc) is 2.83. The number of pyridine rings is 2. The number of rotatable bonds is 11. The van der Waals surface area contributed by atoms with Crippen LogP contribution >= 0.6 is 0 Å². The van der Waals surface area contributed by atoms with Gasteiger partial charge in [-0.25, -0.2) is 0 Å². The Morgan fingerprint density at radius 2 is 1.54 bits per heavy atom. The first kappa shape index (κ1) is 26.0. The summed E-state index contributed by atoms with van der Waals surface area (Å²) < 4.78 is 12.2. The van der Waals surface area contributed by atoms with Crippen molar-refractivity contribution in [2.75, 3.05) is 13.2 Å². The second-order valence-corrected chi connectivity index (χ2v) is 11.1. The van der Waals surface area contributed by atoms with Crippen LogP contribution in [-0.2, 0) is 16.1 Å². The predicted octanol–water partition coefficient (Wildman–Crippen LogP) is 6.79. The molecular weight excluding hydrogens is 438 g/mol. The molecule has 1 saturated heterocycles. The Hall–Kier alpha value is -2.12. The molecule has 0 unspecified atom stereocenters. The van der Waals surface area contributed by atoms with E-state index in [0.717, 1.165) is 66.3 Å². The molecule has 0 radical (unpaired) electrons. The van der Waals surface area contributed by atoms with Crippen molar-refractivity contribution in [2.24, 2.45) is 0 Å². The van der Waals surface area contributed by atoms with Crippen LogP contribution < -0.4 is 0 Å². The van der Waals surface area contributed by atoms with Crippen LogP contribution in [0.2, 0.25) is 0 Å². The van der Waals surface area contributed by atoms with E-state index >= 15 is 0 Å². The van der Waals surface area contributed by atoms with Crippen molar-refractivity contribution in [3.8, 4) is 0 Å². The van der Waals surface area contributed by atoms with E-state index in [-0.39, 0.29) is 17.2 Å². The van der Waals surface area contributed by atoms with Gasteiger partial charge in [0.25, 0.3) is 0 Å². The summed E-state index contributed by atoms with van der Waals surface area (Å²) in [4.78, 5) is 9.08. The van der Waals surface area contributed by atoms with Crippen LogP contribution in [0.25, 0.3) is 21.8 Å². The van der Waals surface area contributed by atoms with Gasteiger partial charge in [0.2, 0.25) is 0 Å². The van der Waals surface area contributed by atoms with E-state index in [0.29, 0.717) is 6.61 Å². The molecular formula is C29H40N3O3-. The molecule has 0 atom stereocenters. The highest BCUT2D eigenvalue weighted by Crippen LogP contribution is 2.38. The number of hydroxylamine groups is 2. The number of ether oxygens (including phenoxy) is 2. The van der Waals surface area contributed by atoms with Gasteiger partial charge in [-0.2, -0.15) is 0 Å². The Morgan fingerprint density at radius 3 is 2.31 bits per heavy atom. The molecule has 0 saturated carbocycles. The fourth-order valence-electron chi connectivity index (χ4n) is 5.50. The van der Waals surface area contributed by atoms with Gasteiger partial charge in [0.05, 0.1) is 23.7 Å². The van der Waals surface area contributed by atoms with E-state index in [1.165, 1.54) is 24.3 Å². The topological polar surface area (TPSA) is 70.5 Å². The molecule has 2 aromatic heterocycles. The van der Waals surface area contributed by atoms with Crippen molar-refractivity contribution in [3.63, 3.8) is 0 Å². The molecule has 1 aromatic carbocycles. The third kappa shape index (κ3) is 6.36. The van der Waals surface area contributed by atoms with E-state index in [1.54, 1.807) is 0 Å². The van der Waals surface area contributed by atoms with Crippen LogP contribution in [0, 0.1) is 5.21 Å². The van der Waals surface area contributed by atoms with E-state index < -0.39 is 0 Å². The number of hydrogen-bond donors (Lipinski definition) is 0. The van der Waals surface area contributed by atoms with Gasteiger partial charge in [0, 0.05) is 47.5 Å². The van der Waals surface area contributed by atoms with E-state index in [2.05, 4.69) is 28.2 Å². The SMILES string of the molecule is CC1(C)CC(OCCCCCCCOCc2ccnc3c2ccc2cccnc23)CC(C)(C)N1[O-]. The summed E-state index contributed by atoms with van der Waals surface area (Å²) >= 11 is 0. The molecule has 0 amide bonds. The molecule has 0 spiro atoms. The fraction of sp³-hybridized carbons (Fsp3) is 0.586. The average molecular weight is 479 g/mol. The lowest BCUT2D eigenvalue weighted by molar-refractivity contribution is -0.0813. The molecule has 4 rings (SSSR count). The minimum Gasteiger partial charge on any atom is -0.784 e. The first-order valence-electron chi connectivity index (χ1n) is 13.1. The van der Waals surface area contributed by atoms with Crippen LogP contribution in [0.1, 0.15) is 78.2 Å². The standard InChI is InChI=1S/C29H40N3O3/c1-28(2)19-24(20-29(3,4)32(28)33)35-18-9-7-5-6-8-17-34-21-23-14-16-31-27-25(23)13-12-22-11-10-15-30-26(22)27/h10-16,24H,5-9,17-21H2,1-4H3/q-1. The number of hydrogen-bond acceptors (Lipinski definition) is 6. The molecule has 0 bridgehead atoms. The van der Waals surface area contributed by atoms with E-state index in [1.807, 2.05) is 52.2 Å². The minimum atomic E-state index is -0.361. The lowest BCUT2D eigenvalue weighted by Gasteiger charge is -2.59. The molecule has 190 valence electrons. The second kappa shape index (κ2) is 11.3. The zero-order valence-corrected chi connectivity index (χ0v) is 21.8. The van der Waals surface area contributed by atoms with Crippen LogP contribution in [0.5, 0.6) is 0 Å². The molecule has 3 aromatic rings. The van der Waals surface area contributed by atoms with Crippen LogP contribution in [0.4, 0.5) is 0 Å². The Labute approximate surface area is 209 Å². The summed E-state index contributed by atoms with van der Waals surface area (Å²) in [5, 5.41) is 16.0. The van der Waals surface area contributed by atoms with Gasteiger partial charge in [0.15, 0.2) is 0 Å². The maximum absolute atomic E-state index is 12.5. The Bertz CT molecular complexity index is 1100. The highest BCUT2D eigenvalue weighted by atomic mass is 16.5. The van der Waals surface area contributed by atoms with Crippen molar-refractivity contribution in [3.05, 3.63) is 53.5 Å². The van der Waals surface area contributed by atoms with Crippen molar-refractivity contribution < 1.29 is 9.47 Å².